The predicted molar refractivity (Wildman–Crippen MR) is 117 cm³/mol. The third-order valence-electron chi connectivity index (χ3n) is 5.26. The maximum atomic E-state index is 12.9. The number of carbonyl (C=O) groups excluding carboxylic acids is 1. The molecule has 0 aliphatic carbocycles. The number of hydrogen-bond acceptors (Lipinski definition) is 5. The van der Waals surface area contributed by atoms with E-state index in [2.05, 4.69) is 5.32 Å². The first-order valence-corrected chi connectivity index (χ1v) is 11.6. The number of hydrogen-bond donors (Lipinski definition) is 1. The summed E-state index contributed by atoms with van der Waals surface area (Å²) < 4.78 is 32.7. The Morgan fingerprint density at radius 2 is 1.77 bits per heavy atom. The van der Waals surface area contributed by atoms with Crippen LogP contribution < -0.4 is 10.1 Å². The van der Waals surface area contributed by atoms with Crippen molar-refractivity contribution in [2.24, 2.45) is 0 Å². The van der Waals surface area contributed by atoms with Crippen LogP contribution in [0.1, 0.15) is 19.4 Å². The lowest BCUT2D eigenvalue weighted by molar-refractivity contribution is -0.121. The summed E-state index contributed by atoms with van der Waals surface area (Å²) in [6.45, 7) is 7.92. The van der Waals surface area contributed by atoms with E-state index in [9.17, 15) is 13.2 Å². The molecule has 2 aromatic rings. The van der Waals surface area contributed by atoms with Gasteiger partial charge in [-0.25, -0.2) is 8.42 Å². The fourth-order valence-corrected chi connectivity index (χ4v) is 4.91. The summed E-state index contributed by atoms with van der Waals surface area (Å²) in [6, 6.07) is 13.8. The Hall–Kier alpha value is -2.42. The monoisotopic (exact) mass is 431 g/mol. The standard InChI is InChI=1S/C22H29N3O4S/c1-4-29-20-8-10-21(11-9-20)30(27,28)25-14-12-24(13-15-25)18(3)22(26)23-19-7-5-6-17(2)16-19/h5-11,16,18H,4,12-15H2,1-3H3,(H,23,26). The second kappa shape index (κ2) is 9.59. The van der Waals surface area contributed by atoms with E-state index < -0.39 is 10.0 Å². The zero-order valence-corrected chi connectivity index (χ0v) is 18.5. The number of nitrogens with one attached hydrogen (secondary N) is 1. The van der Waals surface area contributed by atoms with Crippen LogP contribution in [-0.4, -0.2) is 62.4 Å². The highest BCUT2D eigenvalue weighted by Crippen LogP contribution is 2.21. The topological polar surface area (TPSA) is 79.0 Å². The smallest absolute Gasteiger partial charge is 0.243 e. The fourth-order valence-electron chi connectivity index (χ4n) is 3.49. The van der Waals surface area contributed by atoms with Crippen LogP contribution in [0.2, 0.25) is 0 Å². The second-order valence-electron chi connectivity index (χ2n) is 7.38. The predicted octanol–water partition coefficient (Wildman–Crippen LogP) is 2.73. The zero-order valence-electron chi connectivity index (χ0n) is 17.7. The van der Waals surface area contributed by atoms with E-state index in [-0.39, 0.29) is 16.8 Å². The third-order valence-corrected chi connectivity index (χ3v) is 7.17. The number of piperazine rings is 1. The first-order chi connectivity index (χ1) is 14.3. The van der Waals surface area contributed by atoms with Crippen molar-refractivity contribution < 1.29 is 17.9 Å². The van der Waals surface area contributed by atoms with Gasteiger partial charge < -0.3 is 10.1 Å². The normalized spacial score (nSPS) is 16.8. The molecule has 0 aromatic heterocycles. The van der Waals surface area contributed by atoms with E-state index in [4.69, 9.17) is 4.74 Å². The molecule has 162 valence electrons. The van der Waals surface area contributed by atoms with Crippen molar-refractivity contribution >= 4 is 21.6 Å². The number of rotatable bonds is 7. The number of amides is 1. The highest BCUT2D eigenvalue weighted by atomic mass is 32.2. The Morgan fingerprint density at radius 1 is 1.10 bits per heavy atom. The Balaban J connectivity index is 1.58. The van der Waals surface area contributed by atoms with Gasteiger partial charge in [-0.1, -0.05) is 12.1 Å². The van der Waals surface area contributed by atoms with Crippen LogP contribution in [0.15, 0.2) is 53.4 Å². The van der Waals surface area contributed by atoms with Crippen molar-refractivity contribution in [1.82, 2.24) is 9.21 Å². The first-order valence-electron chi connectivity index (χ1n) is 10.2. The molecule has 0 saturated carbocycles. The molecule has 1 aliphatic heterocycles. The van der Waals surface area contributed by atoms with Gasteiger partial charge in [0.05, 0.1) is 17.5 Å². The fraction of sp³-hybridized carbons (Fsp3) is 0.409. The molecule has 8 heteroatoms. The molecule has 1 N–H and O–H groups in total. The number of sulfonamides is 1. The molecule has 30 heavy (non-hydrogen) atoms. The Labute approximate surface area is 178 Å². The maximum absolute atomic E-state index is 12.9. The van der Waals surface area contributed by atoms with Gasteiger partial charge in [0.15, 0.2) is 0 Å². The summed E-state index contributed by atoms with van der Waals surface area (Å²) in [7, 11) is -3.57. The summed E-state index contributed by atoms with van der Waals surface area (Å²) in [6.07, 6.45) is 0. The van der Waals surface area contributed by atoms with E-state index in [1.165, 1.54) is 4.31 Å². The highest BCUT2D eigenvalue weighted by molar-refractivity contribution is 7.89. The van der Waals surface area contributed by atoms with Crippen LogP contribution in [0.5, 0.6) is 5.75 Å². The van der Waals surface area contributed by atoms with Crippen molar-refractivity contribution in [2.75, 3.05) is 38.1 Å². The van der Waals surface area contributed by atoms with Crippen LogP contribution in [0.3, 0.4) is 0 Å². The largest absolute Gasteiger partial charge is 0.494 e. The van der Waals surface area contributed by atoms with E-state index in [0.29, 0.717) is 38.5 Å². The Bertz CT molecular complexity index is 968. The average Bonchev–Trinajstić information content (AvgIpc) is 2.74. The zero-order chi connectivity index (χ0) is 21.7. The molecular weight excluding hydrogens is 402 g/mol. The molecule has 1 atom stereocenters. The van der Waals surface area contributed by atoms with Crippen molar-refractivity contribution in [3.05, 3.63) is 54.1 Å². The third kappa shape index (κ3) is 5.19. The molecule has 0 spiro atoms. The van der Waals surface area contributed by atoms with E-state index in [1.807, 2.05) is 49.9 Å². The number of nitrogens with zero attached hydrogens (tertiary/aromatic N) is 2. The summed E-state index contributed by atoms with van der Waals surface area (Å²) >= 11 is 0. The summed E-state index contributed by atoms with van der Waals surface area (Å²) in [5.74, 6) is 0.554. The second-order valence-corrected chi connectivity index (χ2v) is 9.32. The number of carbonyl (C=O) groups is 1. The lowest BCUT2D eigenvalue weighted by atomic mass is 10.2. The molecule has 0 bridgehead atoms. The Kier molecular flexibility index (Phi) is 7.12. The molecule has 2 aromatic carbocycles. The number of ether oxygens (including phenoxy) is 1. The molecule has 3 rings (SSSR count). The lowest BCUT2D eigenvalue weighted by Crippen LogP contribution is -2.53. The van der Waals surface area contributed by atoms with Crippen LogP contribution in [-0.2, 0) is 14.8 Å². The molecule has 1 unspecified atom stereocenters. The van der Waals surface area contributed by atoms with Gasteiger partial charge in [-0.3, -0.25) is 9.69 Å². The van der Waals surface area contributed by atoms with Gasteiger partial charge in [-0.2, -0.15) is 4.31 Å². The van der Waals surface area contributed by atoms with Gasteiger partial charge in [0.1, 0.15) is 5.75 Å². The van der Waals surface area contributed by atoms with Crippen molar-refractivity contribution in [3.8, 4) is 5.75 Å². The highest BCUT2D eigenvalue weighted by Gasteiger charge is 2.31. The van der Waals surface area contributed by atoms with Gasteiger partial charge >= 0.3 is 0 Å². The molecule has 1 fully saturated rings. The molecular formula is C22H29N3O4S. The molecule has 1 amide bonds. The van der Waals surface area contributed by atoms with E-state index in [1.54, 1.807) is 24.3 Å². The average molecular weight is 432 g/mol. The van der Waals surface area contributed by atoms with E-state index >= 15 is 0 Å². The number of benzene rings is 2. The molecule has 7 nitrogen and oxygen atoms in total. The minimum atomic E-state index is -3.57. The number of anilines is 1. The molecule has 1 aliphatic rings. The van der Waals surface area contributed by atoms with Crippen LogP contribution in [0.4, 0.5) is 5.69 Å². The van der Waals surface area contributed by atoms with Gasteiger partial charge in [0.2, 0.25) is 15.9 Å². The van der Waals surface area contributed by atoms with Gasteiger partial charge in [0.25, 0.3) is 0 Å². The molecule has 1 heterocycles. The first kappa shape index (κ1) is 22.3. The minimum Gasteiger partial charge on any atom is -0.494 e. The summed E-state index contributed by atoms with van der Waals surface area (Å²) in [5, 5.41) is 2.94. The summed E-state index contributed by atoms with van der Waals surface area (Å²) in [4.78, 5) is 14.9. The summed E-state index contributed by atoms with van der Waals surface area (Å²) in [5.41, 5.74) is 1.84. The lowest BCUT2D eigenvalue weighted by Gasteiger charge is -2.36. The maximum Gasteiger partial charge on any atom is 0.243 e. The van der Waals surface area contributed by atoms with Crippen molar-refractivity contribution in [3.63, 3.8) is 0 Å². The van der Waals surface area contributed by atoms with Crippen LogP contribution in [0, 0.1) is 6.92 Å². The molecule has 0 radical (unpaired) electrons. The SMILES string of the molecule is CCOc1ccc(S(=O)(=O)N2CCN(C(C)C(=O)Nc3cccc(C)c3)CC2)cc1. The van der Waals surface area contributed by atoms with Gasteiger partial charge in [-0.15, -0.1) is 0 Å². The molecule has 1 saturated heterocycles. The van der Waals surface area contributed by atoms with Crippen molar-refractivity contribution in [2.45, 2.75) is 31.7 Å². The van der Waals surface area contributed by atoms with E-state index in [0.717, 1.165) is 11.3 Å². The van der Waals surface area contributed by atoms with Crippen LogP contribution in [0.25, 0.3) is 0 Å². The number of aryl methyl sites for hydroxylation is 1. The van der Waals surface area contributed by atoms with Gasteiger partial charge in [-0.05, 0) is 62.7 Å². The Morgan fingerprint density at radius 3 is 2.37 bits per heavy atom. The quantitative estimate of drug-likeness (QED) is 0.729. The minimum absolute atomic E-state index is 0.0941. The van der Waals surface area contributed by atoms with Crippen molar-refractivity contribution in [1.29, 1.82) is 0 Å². The van der Waals surface area contributed by atoms with Crippen LogP contribution >= 0.6 is 0 Å². The van der Waals surface area contributed by atoms with Gasteiger partial charge in [0, 0.05) is 31.9 Å².